The van der Waals surface area contributed by atoms with Crippen LogP contribution < -0.4 is 15.5 Å². The Labute approximate surface area is 158 Å². The number of amides is 1. The topological polar surface area (TPSA) is 44.4 Å². The lowest BCUT2D eigenvalue weighted by Gasteiger charge is -2.13. The minimum Gasteiger partial charge on any atom is -0.378 e. The number of hydrogen-bond donors (Lipinski definition) is 2. The highest BCUT2D eigenvalue weighted by Crippen LogP contribution is 2.22. The van der Waals surface area contributed by atoms with Crippen molar-refractivity contribution in [3.63, 3.8) is 0 Å². The van der Waals surface area contributed by atoms with Gasteiger partial charge in [0.1, 0.15) is 0 Å². The Morgan fingerprint density at radius 3 is 1.92 bits per heavy atom. The molecule has 5 heteroatoms. The van der Waals surface area contributed by atoms with Crippen molar-refractivity contribution in [3.05, 3.63) is 83.4 Å². The second-order valence-corrected chi connectivity index (χ2v) is 6.48. The molecule has 26 heavy (non-hydrogen) atoms. The normalized spacial score (nSPS) is 10.3. The SMILES string of the molecule is CN(C)c1ccc(Nc2ccc(NC(=O)c3ccccc3Cl)cc2)cc1. The van der Waals surface area contributed by atoms with Gasteiger partial charge in [0.15, 0.2) is 0 Å². The summed E-state index contributed by atoms with van der Waals surface area (Å²) in [5.74, 6) is -0.226. The molecule has 3 rings (SSSR count). The van der Waals surface area contributed by atoms with Crippen molar-refractivity contribution in [1.82, 2.24) is 0 Å². The summed E-state index contributed by atoms with van der Waals surface area (Å²) in [4.78, 5) is 14.3. The van der Waals surface area contributed by atoms with Gasteiger partial charge in [0, 0.05) is 36.8 Å². The van der Waals surface area contributed by atoms with Crippen LogP contribution in [0, 0.1) is 0 Å². The number of carbonyl (C=O) groups excluding carboxylic acids is 1. The van der Waals surface area contributed by atoms with Crippen molar-refractivity contribution in [1.29, 1.82) is 0 Å². The van der Waals surface area contributed by atoms with Gasteiger partial charge in [-0.2, -0.15) is 0 Å². The fourth-order valence-corrected chi connectivity index (χ4v) is 2.71. The molecule has 3 aromatic rings. The molecule has 1 amide bonds. The Hall–Kier alpha value is -2.98. The zero-order valence-electron chi connectivity index (χ0n) is 14.7. The molecule has 4 nitrogen and oxygen atoms in total. The van der Waals surface area contributed by atoms with Gasteiger partial charge in [-0.25, -0.2) is 0 Å². The number of nitrogens with zero attached hydrogens (tertiary/aromatic N) is 1. The number of benzene rings is 3. The molecule has 132 valence electrons. The van der Waals surface area contributed by atoms with Crippen molar-refractivity contribution < 1.29 is 4.79 Å². The summed E-state index contributed by atoms with van der Waals surface area (Å²) in [5, 5.41) is 6.63. The van der Waals surface area contributed by atoms with Crippen LogP contribution in [0.25, 0.3) is 0 Å². The lowest BCUT2D eigenvalue weighted by Crippen LogP contribution is -2.12. The first kappa shape index (κ1) is 17.8. The van der Waals surface area contributed by atoms with Crippen LogP contribution in [-0.4, -0.2) is 20.0 Å². The lowest BCUT2D eigenvalue weighted by atomic mass is 10.2. The molecule has 0 heterocycles. The second kappa shape index (κ2) is 7.93. The predicted molar refractivity (Wildman–Crippen MR) is 110 cm³/mol. The predicted octanol–water partition coefficient (Wildman–Crippen LogP) is 5.40. The van der Waals surface area contributed by atoms with Gasteiger partial charge in [-0.05, 0) is 60.7 Å². The van der Waals surface area contributed by atoms with Crippen molar-refractivity contribution in [3.8, 4) is 0 Å². The molecule has 0 saturated carbocycles. The number of rotatable bonds is 5. The van der Waals surface area contributed by atoms with Crippen molar-refractivity contribution in [2.45, 2.75) is 0 Å². The summed E-state index contributed by atoms with van der Waals surface area (Å²) in [5.41, 5.74) is 4.26. The Bertz CT molecular complexity index is 890. The van der Waals surface area contributed by atoms with E-state index in [4.69, 9.17) is 11.6 Å². The van der Waals surface area contributed by atoms with Gasteiger partial charge in [-0.1, -0.05) is 23.7 Å². The highest BCUT2D eigenvalue weighted by atomic mass is 35.5. The Morgan fingerprint density at radius 1 is 0.808 bits per heavy atom. The Morgan fingerprint density at radius 2 is 1.35 bits per heavy atom. The monoisotopic (exact) mass is 365 g/mol. The molecular formula is C21H20ClN3O. The van der Waals surface area contributed by atoms with Gasteiger partial charge < -0.3 is 15.5 Å². The van der Waals surface area contributed by atoms with E-state index >= 15 is 0 Å². The molecule has 0 spiro atoms. The molecule has 2 N–H and O–H groups in total. The van der Waals surface area contributed by atoms with Gasteiger partial charge in [0.25, 0.3) is 5.91 Å². The fourth-order valence-electron chi connectivity index (χ4n) is 2.49. The molecule has 0 bridgehead atoms. The maximum atomic E-state index is 12.3. The van der Waals surface area contributed by atoms with Crippen LogP contribution in [0.5, 0.6) is 0 Å². The van der Waals surface area contributed by atoms with E-state index in [1.165, 1.54) is 0 Å². The summed E-state index contributed by atoms with van der Waals surface area (Å²) >= 11 is 6.06. The van der Waals surface area contributed by atoms with Gasteiger partial charge in [-0.3, -0.25) is 4.79 Å². The van der Waals surface area contributed by atoms with E-state index in [1.54, 1.807) is 24.3 Å². The van der Waals surface area contributed by atoms with E-state index < -0.39 is 0 Å². The number of carbonyl (C=O) groups is 1. The average Bonchev–Trinajstić information content (AvgIpc) is 2.64. The summed E-state index contributed by atoms with van der Waals surface area (Å²) in [6, 6.07) is 22.7. The maximum absolute atomic E-state index is 12.3. The van der Waals surface area contributed by atoms with Crippen LogP contribution in [0.15, 0.2) is 72.8 Å². The molecule has 0 aliphatic carbocycles. The second-order valence-electron chi connectivity index (χ2n) is 6.08. The number of hydrogen-bond acceptors (Lipinski definition) is 3. The van der Waals surface area contributed by atoms with Crippen LogP contribution >= 0.6 is 11.6 Å². The van der Waals surface area contributed by atoms with Gasteiger partial charge in [0.2, 0.25) is 0 Å². The van der Waals surface area contributed by atoms with E-state index in [1.807, 2.05) is 50.5 Å². The zero-order valence-corrected chi connectivity index (χ0v) is 15.4. The highest BCUT2D eigenvalue weighted by Gasteiger charge is 2.09. The number of halogens is 1. The molecule has 0 unspecified atom stereocenters. The molecule has 0 fully saturated rings. The molecule has 0 aliphatic heterocycles. The standard InChI is InChI=1S/C21H20ClN3O/c1-25(2)18-13-11-16(12-14-18)23-15-7-9-17(10-8-15)24-21(26)19-5-3-4-6-20(19)22/h3-14,23H,1-2H3,(H,24,26). The van der Waals surface area contributed by atoms with E-state index in [9.17, 15) is 4.79 Å². The first-order chi connectivity index (χ1) is 12.5. The minimum absolute atomic E-state index is 0.226. The Kier molecular flexibility index (Phi) is 5.44. The Balaban J connectivity index is 1.65. The first-order valence-corrected chi connectivity index (χ1v) is 8.61. The summed E-state index contributed by atoms with van der Waals surface area (Å²) in [6.07, 6.45) is 0. The average molecular weight is 366 g/mol. The summed E-state index contributed by atoms with van der Waals surface area (Å²) in [6.45, 7) is 0. The van der Waals surface area contributed by atoms with Crippen LogP contribution in [0.1, 0.15) is 10.4 Å². The summed E-state index contributed by atoms with van der Waals surface area (Å²) < 4.78 is 0. The van der Waals surface area contributed by atoms with Crippen LogP contribution in [0.2, 0.25) is 5.02 Å². The van der Waals surface area contributed by atoms with E-state index in [-0.39, 0.29) is 5.91 Å². The third kappa shape index (κ3) is 4.35. The zero-order chi connectivity index (χ0) is 18.5. The van der Waals surface area contributed by atoms with Gasteiger partial charge >= 0.3 is 0 Å². The molecule has 0 radical (unpaired) electrons. The largest absolute Gasteiger partial charge is 0.378 e. The molecule has 0 aromatic heterocycles. The minimum atomic E-state index is -0.226. The molecule has 0 aliphatic rings. The fraction of sp³-hybridized carbons (Fsp3) is 0.0952. The summed E-state index contributed by atoms with van der Waals surface area (Å²) in [7, 11) is 4.02. The lowest BCUT2D eigenvalue weighted by molar-refractivity contribution is 0.102. The van der Waals surface area contributed by atoms with E-state index in [0.29, 0.717) is 16.3 Å². The third-order valence-electron chi connectivity index (χ3n) is 3.93. The molecule has 3 aromatic carbocycles. The van der Waals surface area contributed by atoms with E-state index in [0.717, 1.165) is 17.1 Å². The number of anilines is 4. The van der Waals surface area contributed by atoms with Gasteiger partial charge in [-0.15, -0.1) is 0 Å². The smallest absolute Gasteiger partial charge is 0.257 e. The number of nitrogens with one attached hydrogen (secondary N) is 2. The highest BCUT2D eigenvalue weighted by molar-refractivity contribution is 6.34. The maximum Gasteiger partial charge on any atom is 0.257 e. The molecule has 0 saturated heterocycles. The van der Waals surface area contributed by atoms with Crippen molar-refractivity contribution >= 4 is 40.3 Å². The first-order valence-electron chi connectivity index (χ1n) is 8.23. The molecule has 0 atom stereocenters. The quantitative estimate of drug-likeness (QED) is 0.636. The van der Waals surface area contributed by atoms with Crippen LogP contribution in [0.4, 0.5) is 22.7 Å². The van der Waals surface area contributed by atoms with Crippen molar-refractivity contribution in [2.75, 3.05) is 29.6 Å². The van der Waals surface area contributed by atoms with Crippen molar-refractivity contribution in [2.24, 2.45) is 0 Å². The van der Waals surface area contributed by atoms with Gasteiger partial charge in [0.05, 0.1) is 10.6 Å². The van der Waals surface area contributed by atoms with Crippen LogP contribution in [-0.2, 0) is 0 Å². The third-order valence-corrected chi connectivity index (χ3v) is 4.26. The van der Waals surface area contributed by atoms with Crippen LogP contribution in [0.3, 0.4) is 0 Å². The molecular weight excluding hydrogens is 346 g/mol. The van der Waals surface area contributed by atoms with E-state index in [2.05, 4.69) is 27.7 Å².